The molecule has 0 aromatic heterocycles. The molecule has 0 bridgehead atoms. The highest BCUT2D eigenvalue weighted by Crippen LogP contribution is 2.14. The number of likely N-dealkylation sites (tertiary alicyclic amines) is 1. The van der Waals surface area contributed by atoms with E-state index in [1.807, 2.05) is 35.2 Å². The van der Waals surface area contributed by atoms with Gasteiger partial charge >= 0.3 is 0 Å². The second-order valence-electron chi connectivity index (χ2n) is 6.36. The lowest BCUT2D eigenvalue weighted by Crippen LogP contribution is -2.42. The molecule has 0 spiro atoms. The van der Waals surface area contributed by atoms with E-state index >= 15 is 0 Å². The number of benzene rings is 1. The van der Waals surface area contributed by atoms with Crippen LogP contribution in [0.2, 0.25) is 0 Å². The quantitative estimate of drug-likeness (QED) is 0.633. The van der Waals surface area contributed by atoms with Crippen LogP contribution < -0.4 is 11.1 Å². The van der Waals surface area contributed by atoms with Crippen LogP contribution in [0.4, 0.5) is 0 Å². The fourth-order valence-corrected chi connectivity index (χ4v) is 2.92. The summed E-state index contributed by atoms with van der Waals surface area (Å²) in [4.78, 5) is 26.0. The number of amides is 2. The first-order valence-corrected chi connectivity index (χ1v) is 9.09. The Balaban J connectivity index is 0.00000338. The Morgan fingerprint density at radius 1 is 1.19 bits per heavy atom. The molecule has 1 saturated heterocycles. The summed E-state index contributed by atoms with van der Waals surface area (Å²) in [6, 6.07) is 9.59. The van der Waals surface area contributed by atoms with Crippen LogP contribution in [-0.2, 0) is 20.7 Å². The number of carbonyl (C=O) groups excluding carboxylic acids is 2. The first-order chi connectivity index (χ1) is 12.2. The number of halogens is 1. The molecule has 2 rings (SSSR count). The van der Waals surface area contributed by atoms with Crippen LogP contribution in [0.5, 0.6) is 0 Å². The lowest BCUT2D eigenvalue weighted by atomic mass is 10.1. The summed E-state index contributed by atoms with van der Waals surface area (Å²) >= 11 is 0. The van der Waals surface area contributed by atoms with Gasteiger partial charge < -0.3 is 20.7 Å². The van der Waals surface area contributed by atoms with Crippen molar-refractivity contribution < 1.29 is 14.3 Å². The van der Waals surface area contributed by atoms with Crippen molar-refractivity contribution in [3.05, 3.63) is 35.9 Å². The number of hydrogen-bond acceptors (Lipinski definition) is 4. The zero-order valence-corrected chi connectivity index (χ0v) is 16.0. The van der Waals surface area contributed by atoms with Gasteiger partial charge in [-0.15, -0.1) is 12.4 Å². The molecular formula is C19H30ClN3O3. The van der Waals surface area contributed by atoms with Gasteiger partial charge in [0.05, 0.1) is 12.5 Å². The first kappa shape index (κ1) is 22.4. The van der Waals surface area contributed by atoms with Crippen LogP contribution in [-0.4, -0.2) is 55.6 Å². The molecule has 1 aliphatic heterocycles. The largest absolute Gasteiger partial charge is 0.378 e. The van der Waals surface area contributed by atoms with Crippen molar-refractivity contribution in [1.82, 2.24) is 10.2 Å². The zero-order valence-electron chi connectivity index (χ0n) is 15.2. The van der Waals surface area contributed by atoms with E-state index in [2.05, 4.69) is 5.32 Å². The summed E-state index contributed by atoms with van der Waals surface area (Å²) in [6.45, 7) is 3.18. The highest BCUT2D eigenvalue weighted by atomic mass is 35.5. The van der Waals surface area contributed by atoms with Crippen molar-refractivity contribution in [3.63, 3.8) is 0 Å². The third-order valence-corrected chi connectivity index (χ3v) is 4.37. The smallest absolute Gasteiger partial charge is 0.224 e. The van der Waals surface area contributed by atoms with Gasteiger partial charge in [0.15, 0.2) is 0 Å². The van der Waals surface area contributed by atoms with Crippen LogP contribution in [0.3, 0.4) is 0 Å². The molecule has 1 aliphatic rings. The number of nitrogens with one attached hydrogen (secondary N) is 1. The second-order valence-corrected chi connectivity index (χ2v) is 6.36. The van der Waals surface area contributed by atoms with Crippen LogP contribution in [0, 0.1) is 0 Å². The van der Waals surface area contributed by atoms with E-state index in [-0.39, 0.29) is 30.3 Å². The van der Waals surface area contributed by atoms with E-state index in [0.29, 0.717) is 32.5 Å². The fraction of sp³-hybridized carbons (Fsp3) is 0.579. The standard InChI is InChI=1S/C19H29N3O3.ClH/c20-10-4-14-25-17-8-12-22(13-9-17)19(24)7-11-21-18(23)15-16-5-2-1-3-6-16;/h1-3,5-6,17H,4,7-15,20H2,(H,21,23);1H. The molecule has 3 N–H and O–H groups in total. The molecule has 7 heteroatoms. The summed E-state index contributed by atoms with van der Waals surface area (Å²) in [5, 5.41) is 2.82. The van der Waals surface area contributed by atoms with Crippen molar-refractivity contribution in [3.8, 4) is 0 Å². The summed E-state index contributed by atoms with van der Waals surface area (Å²) in [7, 11) is 0. The summed E-state index contributed by atoms with van der Waals surface area (Å²) < 4.78 is 5.75. The molecule has 146 valence electrons. The maximum atomic E-state index is 12.2. The average Bonchev–Trinajstić information content (AvgIpc) is 2.63. The molecule has 0 aliphatic carbocycles. The Morgan fingerprint density at radius 3 is 2.54 bits per heavy atom. The van der Waals surface area contributed by atoms with Crippen molar-refractivity contribution in [2.75, 3.05) is 32.8 Å². The van der Waals surface area contributed by atoms with Gasteiger partial charge in [-0.2, -0.15) is 0 Å². The second kappa shape index (κ2) is 12.7. The van der Waals surface area contributed by atoms with Gasteiger partial charge in [0.25, 0.3) is 0 Å². The van der Waals surface area contributed by atoms with Gasteiger partial charge in [0.2, 0.25) is 11.8 Å². The minimum Gasteiger partial charge on any atom is -0.378 e. The summed E-state index contributed by atoms with van der Waals surface area (Å²) in [5.74, 6) is 0.0476. The van der Waals surface area contributed by atoms with Gasteiger partial charge in [-0.05, 0) is 31.4 Å². The van der Waals surface area contributed by atoms with Crippen LogP contribution in [0.15, 0.2) is 30.3 Å². The van der Waals surface area contributed by atoms with Crippen molar-refractivity contribution in [1.29, 1.82) is 0 Å². The SMILES string of the molecule is Cl.NCCCOC1CCN(C(=O)CCNC(=O)Cc2ccccc2)CC1. The van der Waals surface area contributed by atoms with Gasteiger partial charge in [0, 0.05) is 32.7 Å². The molecule has 0 atom stereocenters. The Labute approximate surface area is 161 Å². The van der Waals surface area contributed by atoms with E-state index in [0.717, 1.165) is 37.9 Å². The zero-order chi connectivity index (χ0) is 17.9. The topological polar surface area (TPSA) is 84.7 Å². The van der Waals surface area contributed by atoms with Gasteiger partial charge in [-0.3, -0.25) is 9.59 Å². The minimum atomic E-state index is -0.0500. The van der Waals surface area contributed by atoms with Crippen LogP contribution in [0.1, 0.15) is 31.2 Å². The third-order valence-electron chi connectivity index (χ3n) is 4.37. The van der Waals surface area contributed by atoms with Crippen LogP contribution >= 0.6 is 12.4 Å². The molecule has 0 radical (unpaired) electrons. The molecule has 0 unspecified atom stereocenters. The molecule has 26 heavy (non-hydrogen) atoms. The van der Waals surface area contributed by atoms with E-state index in [1.165, 1.54) is 0 Å². The molecule has 1 aromatic rings. The monoisotopic (exact) mass is 383 g/mol. The number of nitrogens with zero attached hydrogens (tertiary/aromatic N) is 1. The number of ether oxygens (including phenoxy) is 1. The van der Waals surface area contributed by atoms with Crippen LogP contribution in [0.25, 0.3) is 0 Å². The molecule has 0 saturated carbocycles. The van der Waals surface area contributed by atoms with E-state index in [9.17, 15) is 9.59 Å². The summed E-state index contributed by atoms with van der Waals surface area (Å²) in [6.07, 6.45) is 3.55. The molecule has 1 heterocycles. The third kappa shape index (κ3) is 8.17. The molecule has 1 aromatic carbocycles. The number of piperidine rings is 1. The number of carbonyl (C=O) groups is 2. The Kier molecular flexibility index (Phi) is 10.9. The minimum absolute atomic E-state index is 0. The molecule has 2 amide bonds. The van der Waals surface area contributed by atoms with Crippen molar-refractivity contribution >= 4 is 24.2 Å². The highest BCUT2D eigenvalue weighted by molar-refractivity contribution is 5.85. The van der Waals surface area contributed by atoms with Crippen molar-refractivity contribution in [2.45, 2.75) is 38.2 Å². The molecule has 6 nitrogen and oxygen atoms in total. The summed E-state index contributed by atoms with van der Waals surface area (Å²) in [5.41, 5.74) is 6.43. The number of nitrogens with two attached hydrogens (primary N) is 1. The highest BCUT2D eigenvalue weighted by Gasteiger charge is 2.22. The normalized spacial score (nSPS) is 14.6. The van der Waals surface area contributed by atoms with Gasteiger partial charge in [0.1, 0.15) is 0 Å². The van der Waals surface area contributed by atoms with Crippen molar-refractivity contribution in [2.24, 2.45) is 5.73 Å². The van der Waals surface area contributed by atoms with Gasteiger partial charge in [-0.25, -0.2) is 0 Å². The average molecular weight is 384 g/mol. The number of rotatable bonds is 9. The van der Waals surface area contributed by atoms with E-state index in [4.69, 9.17) is 10.5 Å². The first-order valence-electron chi connectivity index (χ1n) is 9.09. The lowest BCUT2D eigenvalue weighted by molar-refractivity contribution is -0.133. The Morgan fingerprint density at radius 2 is 1.88 bits per heavy atom. The lowest BCUT2D eigenvalue weighted by Gasteiger charge is -2.32. The maximum absolute atomic E-state index is 12.2. The van der Waals surface area contributed by atoms with E-state index < -0.39 is 0 Å². The predicted molar refractivity (Wildman–Crippen MR) is 104 cm³/mol. The van der Waals surface area contributed by atoms with E-state index in [1.54, 1.807) is 0 Å². The number of hydrogen-bond donors (Lipinski definition) is 2. The Bertz CT molecular complexity index is 534. The predicted octanol–water partition coefficient (Wildman–Crippen LogP) is 1.51. The Hall–Kier alpha value is -1.63. The fourth-order valence-electron chi connectivity index (χ4n) is 2.92. The molecule has 1 fully saturated rings. The molecular weight excluding hydrogens is 354 g/mol. The maximum Gasteiger partial charge on any atom is 0.224 e. The van der Waals surface area contributed by atoms with Gasteiger partial charge in [-0.1, -0.05) is 30.3 Å².